The highest BCUT2D eigenvalue weighted by Gasteiger charge is 2.20. The average Bonchev–Trinajstić information content (AvgIpc) is 3.88. The molecule has 1 unspecified atom stereocenters. The molecule has 3 aromatic heterocycles. The van der Waals surface area contributed by atoms with Crippen LogP contribution in [0.1, 0.15) is 22.9 Å². The minimum Gasteiger partial charge on any atom is -0.456 e. The van der Waals surface area contributed by atoms with E-state index in [4.69, 9.17) is 19.6 Å². The molecule has 0 aliphatic heterocycles. The highest BCUT2D eigenvalue weighted by molar-refractivity contribution is 7.26. The van der Waals surface area contributed by atoms with Gasteiger partial charge in [-0.1, -0.05) is 115 Å². The third-order valence-electron chi connectivity index (χ3n) is 9.83. The number of benzene rings is 7. The fourth-order valence-corrected chi connectivity index (χ4v) is 8.64. The van der Waals surface area contributed by atoms with E-state index in [-0.39, 0.29) is 6.17 Å². The van der Waals surface area contributed by atoms with Gasteiger partial charge in [0.15, 0.2) is 0 Å². The summed E-state index contributed by atoms with van der Waals surface area (Å²) in [4.78, 5) is 5.21. The van der Waals surface area contributed by atoms with Gasteiger partial charge in [-0.05, 0) is 47.5 Å². The zero-order chi connectivity index (χ0) is 33.9. The fourth-order valence-electron chi connectivity index (χ4n) is 7.40. The van der Waals surface area contributed by atoms with Crippen LogP contribution in [0, 0.1) is 0 Å². The first kappa shape index (κ1) is 29.7. The molecule has 1 atom stereocenters. The van der Waals surface area contributed by atoms with Crippen LogP contribution < -0.4 is 11.1 Å². The first-order valence-corrected chi connectivity index (χ1v) is 17.9. The van der Waals surface area contributed by atoms with Crippen LogP contribution in [-0.2, 0) is 6.54 Å². The lowest BCUT2D eigenvalue weighted by Crippen LogP contribution is -2.24. The SMILES string of the molecule is NC(=NC(NCc1ccccc1)c1cccc2c1sc1ccccc12)c1ccc2oc3cccc(-c4cccc5c4oc4ccccc45)c3c2c1. The molecule has 5 nitrogen and oxygen atoms in total. The number of hydrogen-bond donors (Lipinski definition) is 2. The molecule has 6 heteroatoms. The number of aliphatic imine (C=N–C) groups is 1. The van der Waals surface area contributed by atoms with Crippen LogP contribution >= 0.6 is 11.3 Å². The number of nitrogens with two attached hydrogens (primary N) is 1. The van der Waals surface area contributed by atoms with Crippen molar-refractivity contribution in [1.82, 2.24) is 5.32 Å². The largest absolute Gasteiger partial charge is 0.456 e. The number of fused-ring (bicyclic) bond motifs is 9. The van der Waals surface area contributed by atoms with Crippen LogP contribution in [0.4, 0.5) is 0 Å². The number of hydrogen-bond acceptors (Lipinski definition) is 5. The summed E-state index contributed by atoms with van der Waals surface area (Å²) in [6.45, 7) is 0.645. The summed E-state index contributed by atoms with van der Waals surface area (Å²) in [6.07, 6.45) is -0.375. The summed E-state index contributed by atoms with van der Waals surface area (Å²) in [5.74, 6) is 0.451. The second-order valence-electron chi connectivity index (χ2n) is 12.9. The Morgan fingerprint density at radius 2 is 1.31 bits per heavy atom. The van der Waals surface area contributed by atoms with Crippen LogP contribution in [0.2, 0.25) is 0 Å². The summed E-state index contributed by atoms with van der Waals surface area (Å²) in [5, 5.41) is 10.4. The molecular weight excluding hydrogens is 647 g/mol. The Balaban J connectivity index is 1.11. The van der Waals surface area contributed by atoms with E-state index >= 15 is 0 Å². The summed E-state index contributed by atoms with van der Waals surface area (Å²) < 4.78 is 15.3. The molecule has 0 fully saturated rings. The molecule has 244 valence electrons. The Labute approximate surface area is 297 Å². The lowest BCUT2D eigenvalue weighted by molar-refractivity contribution is 0.558. The Kier molecular flexibility index (Phi) is 6.98. The van der Waals surface area contributed by atoms with Crippen LogP contribution in [0.3, 0.4) is 0 Å². The predicted molar refractivity (Wildman–Crippen MR) is 213 cm³/mol. The molecule has 0 bridgehead atoms. The molecule has 51 heavy (non-hydrogen) atoms. The minimum atomic E-state index is -0.375. The minimum absolute atomic E-state index is 0.375. The van der Waals surface area contributed by atoms with Gasteiger partial charge in [0.05, 0.1) is 0 Å². The average molecular weight is 678 g/mol. The molecule has 0 aliphatic carbocycles. The van der Waals surface area contributed by atoms with Crippen molar-refractivity contribution >= 4 is 81.2 Å². The second kappa shape index (κ2) is 12.0. The maximum atomic E-state index is 6.96. The Hall–Kier alpha value is -6.21. The van der Waals surface area contributed by atoms with Gasteiger partial charge >= 0.3 is 0 Å². The highest BCUT2D eigenvalue weighted by atomic mass is 32.1. The van der Waals surface area contributed by atoms with Gasteiger partial charge in [0.2, 0.25) is 0 Å². The van der Waals surface area contributed by atoms with Crippen molar-refractivity contribution < 1.29 is 8.83 Å². The number of nitrogens with one attached hydrogen (secondary N) is 1. The van der Waals surface area contributed by atoms with Crippen molar-refractivity contribution in [2.24, 2.45) is 10.7 Å². The molecule has 0 radical (unpaired) electrons. The van der Waals surface area contributed by atoms with Crippen molar-refractivity contribution in [1.29, 1.82) is 0 Å². The number of nitrogens with zero attached hydrogens (tertiary/aromatic N) is 1. The van der Waals surface area contributed by atoms with Crippen LogP contribution in [0.15, 0.2) is 165 Å². The maximum absolute atomic E-state index is 6.96. The highest BCUT2D eigenvalue weighted by Crippen LogP contribution is 2.42. The molecule has 0 saturated carbocycles. The molecular formula is C45H31N3O2S. The van der Waals surface area contributed by atoms with E-state index in [2.05, 4.69) is 108 Å². The number of thiophene rings is 1. The summed E-state index contributed by atoms with van der Waals surface area (Å²) in [5.41, 5.74) is 15.5. The van der Waals surface area contributed by atoms with Crippen molar-refractivity contribution in [3.8, 4) is 11.1 Å². The molecule has 0 amide bonds. The van der Waals surface area contributed by atoms with Gasteiger partial charge in [0.1, 0.15) is 34.3 Å². The Morgan fingerprint density at radius 1 is 0.608 bits per heavy atom. The molecule has 3 N–H and O–H groups in total. The van der Waals surface area contributed by atoms with E-state index in [1.54, 1.807) is 11.3 Å². The van der Waals surface area contributed by atoms with E-state index in [0.29, 0.717) is 12.4 Å². The Morgan fingerprint density at radius 3 is 2.24 bits per heavy atom. The van der Waals surface area contributed by atoms with E-state index in [1.165, 1.54) is 25.7 Å². The molecule has 0 aliphatic rings. The predicted octanol–water partition coefficient (Wildman–Crippen LogP) is 11.7. The van der Waals surface area contributed by atoms with E-state index in [0.717, 1.165) is 66.1 Å². The Bertz CT molecular complexity index is 2950. The number of furan rings is 2. The molecule has 10 rings (SSSR count). The van der Waals surface area contributed by atoms with Gasteiger partial charge < -0.3 is 14.6 Å². The summed E-state index contributed by atoms with van der Waals surface area (Å²) in [6, 6.07) is 52.3. The van der Waals surface area contributed by atoms with Crippen molar-refractivity contribution in [3.05, 3.63) is 168 Å². The lowest BCUT2D eigenvalue weighted by Gasteiger charge is -2.18. The third-order valence-corrected chi connectivity index (χ3v) is 11.1. The molecule has 3 heterocycles. The zero-order valence-corrected chi connectivity index (χ0v) is 28.3. The van der Waals surface area contributed by atoms with Gasteiger partial charge in [0.25, 0.3) is 0 Å². The normalized spacial score (nSPS) is 13.0. The van der Waals surface area contributed by atoms with E-state index in [9.17, 15) is 0 Å². The topological polar surface area (TPSA) is 76.7 Å². The molecule has 0 spiro atoms. The summed E-state index contributed by atoms with van der Waals surface area (Å²) in [7, 11) is 0. The van der Waals surface area contributed by atoms with Gasteiger partial charge in [-0.15, -0.1) is 11.3 Å². The maximum Gasteiger partial charge on any atom is 0.143 e. The number of para-hydroxylation sites is 2. The second-order valence-corrected chi connectivity index (χ2v) is 13.9. The zero-order valence-electron chi connectivity index (χ0n) is 27.5. The van der Waals surface area contributed by atoms with Gasteiger partial charge in [-0.2, -0.15) is 0 Å². The molecule has 0 saturated heterocycles. The van der Waals surface area contributed by atoms with Crippen LogP contribution in [0.25, 0.3) is 75.2 Å². The summed E-state index contributed by atoms with van der Waals surface area (Å²) >= 11 is 1.80. The van der Waals surface area contributed by atoms with Crippen LogP contribution in [0.5, 0.6) is 0 Å². The van der Waals surface area contributed by atoms with Crippen molar-refractivity contribution in [3.63, 3.8) is 0 Å². The quantitative estimate of drug-likeness (QED) is 0.130. The monoisotopic (exact) mass is 677 g/mol. The van der Waals surface area contributed by atoms with Crippen molar-refractivity contribution in [2.75, 3.05) is 0 Å². The number of amidine groups is 1. The molecule has 10 aromatic rings. The standard InChI is InChI=1S/C45H31N3O2S/c46-44(48-45(47-26-27-11-2-1-3-12-27)35-19-9-18-34-30-14-5-7-22-40(30)51-43(34)35)28-23-24-38-36(25-28)41-31(15-10-21-39(41)49-38)33-17-8-16-32-29-13-4-6-20-37(29)50-42(32)33/h1-25,45,47H,26H2,(H2,46,48). The number of rotatable bonds is 7. The lowest BCUT2D eigenvalue weighted by atomic mass is 9.97. The smallest absolute Gasteiger partial charge is 0.143 e. The first-order valence-electron chi connectivity index (χ1n) is 17.1. The molecule has 7 aromatic carbocycles. The van der Waals surface area contributed by atoms with E-state index in [1.807, 2.05) is 48.5 Å². The van der Waals surface area contributed by atoms with E-state index < -0.39 is 0 Å². The van der Waals surface area contributed by atoms with Crippen molar-refractivity contribution in [2.45, 2.75) is 12.7 Å². The first-order chi connectivity index (χ1) is 25.2. The van der Waals surface area contributed by atoms with Gasteiger partial charge in [-0.3, -0.25) is 5.32 Å². The van der Waals surface area contributed by atoms with Gasteiger partial charge in [0, 0.05) is 65.0 Å². The van der Waals surface area contributed by atoms with Crippen LogP contribution in [-0.4, -0.2) is 5.84 Å². The van der Waals surface area contributed by atoms with Gasteiger partial charge in [-0.25, -0.2) is 4.99 Å². The fraction of sp³-hybridized carbons (Fsp3) is 0.0444. The third kappa shape index (κ3) is 4.99.